The van der Waals surface area contributed by atoms with Crippen LogP contribution in [0.1, 0.15) is 10.4 Å². The van der Waals surface area contributed by atoms with Gasteiger partial charge in [0.15, 0.2) is 11.5 Å². The summed E-state index contributed by atoms with van der Waals surface area (Å²) in [6.07, 6.45) is 0.765. The maximum Gasteiger partial charge on any atom is 0.203 e. The minimum atomic E-state index is -0.356. The van der Waals surface area contributed by atoms with E-state index >= 15 is 0 Å². The van der Waals surface area contributed by atoms with Crippen LogP contribution in [-0.2, 0) is 0 Å². The number of ketones is 1. The van der Waals surface area contributed by atoms with E-state index < -0.39 is 0 Å². The minimum absolute atomic E-state index is 0.356. The molecular formula is C10H11NO3. The van der Waals surface area contributed by atoms with Crippen molar-refractivity contribution in [1.29, 1.82) is 5.41 Å². The zero-order chi connectivity index (χ0) is 10.6. The number of ether oxygens (including phenoxy) is 2. The number of carbonyl (C=O) groups excluding carboxylic acids is 1. The van der Waals surface area contributed by atoms with Crippen molar-refractivity contribution in [2.45, 2.75) is 0 Å². The van der Waals surface area contributed by atoms with Crippen molar-refractivity contribution < 1.29 is 14.3 Å². The fraction of sp³-hybridized carbons (Fsp3) is 0.200. The van der Waals surface area contributed by atoms with Crippen LogP contribution in [0.2, 0.25) is 0 Å². The summed E-state index contributed by atoms with van der Waals surface area (Å²) < 4.78 is 10.0. The second-order valence-electron chi connectivity index (χ2n) is 2.58. The van der Waals surface area contributed by atoms with Crippen LogP contribution in [0.4, 0.5) is 0 Å². The first-order valence-electron chi connectivity index (χ1n) is 3.99. The van der Waals surface area contributed by atoms with Crippen LogP contribution in [0.5, 0.6) is 11.5 Å². The lowest BCUT2D eigenvalue weighted by Crippen LogP contribution is -2.00. The van der Waals surface area contributed by atoms with Crippen LogP contribution in [0.3, 0.4) is 0 Å². The Labute approximate surface area is 82.0 Å². The summed E-state index contributed by atoms with van der Waals surface area (Å²) >= 11 is 0. The van der Waals surface area contributed by atoms with E-state index in [9.17, 15) is 4.79 Å². The van der Waals surface area contributed by atoms with E-state index in [1.165, 1.54) is 14.2 Å². The van der Waals surface area contributed by atoms with E-state index in [1.54, 1.807) is 18.2 Å². The van der Waals surface area contributed by atoms with E-state index in [0.29, 0.717) is 17.1 Å². The number of hydrogen-bond acceptors (Lipinski definition) is 4. The SMILES string of the molecule is COc1ccc(C(=O)C=N)cc1OC. The molecule has 4 nitrogen and oxygen atoms in total. The number of carbonyl (C=O) groups is 1. The van der Waals surface area contributed by atoms with E-state index in [1.807, 2.05) is 0 Å². The fourth-order valence-electron chi connectivity index (χ4n) is 1.07. The van der Waals surface area contributed by atoms with Crippen LogP contribution in [-0.4, -0.2) is 26.2 Å². The molecule has 14 heavy (non-hydrogen) atoms. The van der Waals surface area contributed by atoms with Gasteiger partial charge in [0.05, 0.1) is 20.4 Å². The summed E-state index contributed by atoms with van der Waals surface area (Å²) in [5.41, 5.74) is 0.414. The number of hydrogen-bond donors (Lipinski definition) is 1. The Kier molecular flexibility index (Phi) is 3.23. The molecule has 0 unspecified atom stereocenters. The Balaban J connectivity index is 3.13. The number of methoxy groups -OCH3 is 2. The predicted octanol–water partition coefficient (Wildman–Crippen LogP) is 1.54. The molecule has 1 rings (SSSR count). The molecule has 4 heteroatoms. The minimum Gasteiger partial charge on any atom is -0.493 e. The Morgan fingerprint density at radius 1 is 1.29 bits per heavy atom. The largest absolute Gasteiger partial charge is 0.493 e. The van der Waals surface area contributed by atoms with Gasteiger partial charge in [-0.3, -0.25) is 4.79 Å². The van der Waals surface area contributed by atoms with Gasteiger partial charge in [0.1, 0.15) is 0 Å². The number of nitrogens with one attached hydrogen (secondary N) is 1. The summed E-state index contributed by atoms with van der Waals surface area (Å²) in [5.74, 6) is 0.695. The highest BCUT2D eigenvalue weighted by molar-refractivity contribution is 6.34. The highest BCUT2D eigenvalue weighted by Crippen LogP contribution is 2.27. The summed E-state index contributed by atoms with van der Waals surface area (Å²) in [6.45, 7) is 0. The van der Waals surface area contributed by atoms with Crippen molar-refractivity contribution >= 4 is 12.0 Å². The normalized spacial score (nSPS) is 9.29. The van der Waals surface area contributed by atoms with Crippen molar-refractivity contribution in [3.8, 4) is 11.5 Å². The van der Waals surface area contributed by atoms with Crippen LogP contribution in [0.15, 0.2) is 18.2 Å². The second kappa shape index (κ2) is 4.41. The molecule has 74 valence electrons. The zero-order valence-corrected chi connectivity index (χ0v) is 8.03. The van der Waals surface area contributed by atoms with Gasteiger partial charge in [0.25, 0.3) is 0 Å². The maximum absolute atomic E-state index is 11.1. The van der Waals surface area contributed by atoms with Gasteiger partial charge < -0.3 is 14.9 Å². The van der Waals surface area contributed by atoms with Gasteiger partial charge >= 0.3 is 0 Å². The lowest BCUT2D eigenvalue weighted by Gasteiger charge is -2.07. The van der Waals surface area contributed by atoms with Crippen molar-refractivity contribution in [3.05, 3.63) is 23.8 Å². The monoisotopic (exact) mass is 193 g/mol. The quantitative estimate of drug-likeness (QED) is 0.582. The van der Waals surface area contributed by atoms with Crippen LogP contribution in [0, 0.1) is 5.41 Å². The first-order chi connectivity index (χ1) is 6.72. The average Bonchev–Trinajstić information content (AvgIpc) is 2.26. The molecular weight excluding hydrogens is 182 g/mol. The van der Waals surface area contributed by atoms with E-state index in [-0.39, 0.29) is 5.78 Å². The first kappa shape index (κ1) is 10.2. The van der Waals surface area contributed by atoms with Gasteiger partial charge in [0.2, 0.25) is 5.78 Å². The van der Waals surface area contributed by atoms with Gasteiger partial charge in [0, 0.05) is 5.56 Å². The van der Waals surface area contributed by atoms with Gasteiger partial charge in [-0.2, -0.15) is 0 Å². The smallest absolute Gasteiger partial charge is 0.203 e. The zero-order valence-electron chi connectivity index (χ0n) is 8.03. The van der Waals surface area contributed by atoms with Crippen LogP contribution < -0.4 is 9.47 Å². The third kappa shape index (κ3) is 1.90. The molecule has 0 saturated carbocycles. The molecule has 0 aliphatic carbocycles. The molecule has 1 aromatic rings. The van der Waals surface area contributed by atoms with Gasteiger partial charge in [-0.1, -0.05) is 0 Å². The predicted molar refractivity (Wildman–Crippen MR) is 52.7 cm³/mol. The molecule has 0 bridgehead atoms. The topological polar surface area (TPSA) is 59.4 Å². The molecule has 0 aliphatic rings. The lowest BCUT2D eigenvalue weighted by molar-refractivity contribution is 0.107. The molecule has 1 N–H and O–H groups in total. The molecule has 1 aromatic carbocycles. The van der Waals surface area contributed by atoms with Gasteiger partial charge in [-0.15, -0.1) is 0 Å². The number of Topliss-reactive ketones (excluding diaryl/α,β-unsaturated/α-hetero) is 1. The van der Waals surface area contributed by atoms with Gasteiger partial charge in [-0.05, 0) is 18.2 Å². The molecule has 0 saturated heterocycles. The van der Waals surface area contributed by atoms with Crippen molar-refractivity contribution in [2.24, 2.45) is 0 Å². The summed E-state index contributed by atoms with van der Waals surface area (Å²) in [4.78, 5) is 11.1. The Morgan fingerprint density at radius 3 is 2.43 bits per heavy atom. The molecule has 0 spiro atoms. The third-order valence-electron chi connectivity index (χ3n) is 1.80. The first-order valence-corrected chi connectivity index (χ1v) is 3.99. The van der Waals surface area contributed by atoms with Crippen LogP contribution in [0.25, 0.3) is 0 Å². The van der Waals surface area contributed by atoms with E-state index in [2.05, 4.69) is 0 Å². The highest BCUT2D eigenvalue weighted by atomic mass is 16.5. The number of rotatable bonds is 4. The molecule has 0 aromatic heterocycles. The van der Waals surface area contributed by atoms with Crippen molar-refractivity contribution in [2.75, 3.05) is 14.2 Å². The Hall–Kier alpha value is -1.84. The standard InChI is InChI=1S/C10H11NO3/c1-13-9-4-3-7(8(12)6-11)5-10(9)14-2/h3-6,11H,1-2H3. The number of benzene rings is 1. The average molecular weight is 193 g/mol. The summed E-state index contributed by atoms with van der Waals surface area (Å²) in [5, 5.41) is 6.83. The molecule has 0 heterocycles. The summed E-state index contributed by atoms with van der Waals surface area (Å²) in [6, 6.07) is 4.77. The molecule has 0 fully saturated rings. The Morgan fingerprint density at radius 2 is 1.93 bits per heavy atom. The lowest BCUT2D eigenvalue weighted by atomic mass is 10.1. The van der Waals surface area contributed by atoms with Gasteiger partial charge in [-0.25, -0.2) is 0 Å². The van der Waals surface area contributed by atoms with Crippen molar-refractivity contribution in [1.82, 2.24) is 0 Å². The third-order valence-corrected chi connectivity index (χ3v) is 1.80. The molecule has 0 radical (unpaired) electrons. The van der Waals surface area contributed by atoms with Crippen LogP contribution >= 0.6 is 0 Å². The molecule has 0 aliphatic heterocycles. The highest BCUT2D eigenvalue weighted by Gasteiger charge is 2.08. The Bertz CT molecular complexity index is 360. The fourth-order valence-corrected chi connectivity index (χ4v) is 1.07. The molecule has 0 amide bonds. The maximum atomic E-state index is 11.1. The van der Waals surface area contributed by atoms with Crippen molar-refractivity contribution in [3.63, 3.8) is 0 Å². The van der Waals surface area contributed by atoms with E-state index in [4.69, 9.17) is 14.9 Å². The van der Waals surface area contributed by atoms with E-state index in [0.717, 1.165) is 6.21 Å². The molecule has 0 atom stereocenters. The second-order valence-corrected chi connectivity index (χ2v) is 2.58. The summed E-state index contributed by atoms with van der Waals surface area (Å²) in [7, 11) is 3.02.